The van der Waals surface area contributed by atoms with Crippen molar-refractivity contribution in [1.82, 2.24) is 9.55 Å². The maximum absolute atomic E-state index is 6.00. The Kier molecular flexibility index (Phi) is 6.03. The highest BCUT2D eigenvalue weighted by Crippen LogP contribution is 2.28. The highest BCUT2D eigenvalue weighted by molar-refractivity contribution is 5.80. The summed E-state index contributed by atoms with van der Waals surface area (Å²) in [5, 5.41) is 0. The Balaban J connectivity index is 1.48. The van der Waals surface area contributed by atoms with Crippen LogP contribution in [0.3, 0.4) is 0 Å². The molecule has 0 spiro atoms. The van der Waals surface area contributed by atoms with Crippen LogP contribution >= 0.6 is 0 Å². The predicted octanol–water partition coefficient (Wildman–Crippen LogP) is 6.19. The molecular weight excluding hydrogens is 372 g/mol. The van der Waals surface area contributed by atoms with Gasteiger partial charge in [-0.25, -0.2) is 4.98 Å². The number of ether oxygens (including phenoxy) is 2. The van der Waals surface area contributed by atoms with Gasteiger partial charge in [0.1, 0.15) is 17.3 Å². The van der Waals surface area contributed by atoms with Crippen molar-refractivity contribution in [2.24, 2.45) is 0 Å². The van der Waals surface area contributed by atoms with Crippen LogP contribution in [0.25, 0.3) is 22.4 Å². The van der Waals surface area contributed by atoms with Crippen molar-refractivity contribution >= 4 is 11.0 Å². The zero-order chi connectivity index (χ0) is 20.9. The molecule has 0 aliphatic heterocycles. The number of para-hydroxylation sites is 2. The van der Waals surface area contributed by atoms with Gasteiger partial charge in [-0.3, -0.25) is 0 Å². The van der Waals surface area contributed by atoms with Crippen LogP contribution in [-0.2, 0) is 6.54 Å². The summed E-state index contributed by atoms with van der Waals surface area (Å²) in [5.74, 6) is 2.80. The number of hydrogen-bond acceptors (Lipinski definition) is 3. The van der Waals surface area contributed by atoms with E-state index in [1.165, 1.54) is 11.1 Å². The second-order valence-electron chi connectivity index (χ2n) is 7.63. The van der Waals surface area contributed by atoms with E-state index in [-0.39, 0.29) is 0 Å². The van der Waals surface area contributed by atoms with Gasteiger partial charge in [0, 0.05) is 12.1 Å². The number of aryl methyl sites for hydroxylation is 3. The van der Waals surface area contributed by atoms with Gasteiger partial charge < -0.3 is 14.0 Å². The van der Waals surface area contributed by atoms with E-state index in [1.807, 2.05) is 24.3 Å². The largest absolute Gasteiger partial charge is 0.497 e. The number of aromatic nitrogens is 2. The van der Waals surface area contributed by atoms with Crippen LogP contribution in [0.15, 0.2) is 66.7 Å². The maximum atomic E-state index is 6.00. The smallest absolute Gasteiger partial charge is 0.141 e. The average Bonchev–Trinajstić information content (AvgIpc) is 3.13. The van der Waals surface area contributed by atoms with E-state index in [0.29, 0.717) is 6.61 Å². The number of imidazole rings is 1. The van der Waals surface area contributed by atoms with Crippen LogP contribution in [0.2, 0.25) is 0 Å². The van der Waals surface area contributed by atoms with Crippen molar-refractivity contribution in [2.45, 2.75) is 33.2 Å². The number of methoxy groups -OCH3 is 1. The predicted molar refractivity (Wildman–Crippen MR) is 122 cm³/mol. The molecule has 1 heterocycles. The van der Waals surface area contributed by atoms with Gasteiger partial charge in [0.25, 0.3) is 0 Å². The van der Waals surface area contributed by atoms with E-state index in [2.05, 4.69) is 60.9 Å². The molecule has 4 heteroatoms. The summed E-state index contributed by atoms with van der Waals surface area (Å²) in [4.78, 5) is 4.90. The molecule has 0 saturated carbocycles. The molecule has 0 atom stereocenters. The van der Waals surface area contributed by atoms with Gasteiger partial charge in [0.05, 0.1) is 24.8 Å². The topological polar surface area (TPSA) is 36.3 Å². The van der Waals surface area contributed by atoms with Crippen LogP contribution in [0, 0.1) is 13.8 Å². The van der Waals surface area contributed by atoms with E-state index in [9.17, 15) is 0 Å². The summed E-state index contributed by atoms with van der Waals surface area (Å²) in [7, 11) is 1.69. The zero-order valence-electron chi connectivity index (χ0n) is 17.9. The highest BCUT2D eigenvalue weighted by atomic mass is 16.5. The second kappa shape index (κ2) is 9.04. The Morgan fingerprint density at radius 2 is 1.77 bits per heavy atom. The summed E-state index contributed by atoms with van der Waals surface area (Å²) >= 11 is 0. The van der Waals surface area contributed by atoms with E-state index in [4.69, 9.17) is 14.5 Å². The minimum atomic E-state index is 0.713. The third kappa shape index (κ3) is 4.33. The lowest BCUT2D eigenvalue weighted by Crippen LogP contribution is -2.04. The molecule has 154 valence electrons. The van der Waals surface area contributed by atoms with Gasteiger partial charge in [0.15, 0.2) is 0 Å². The minimum Gasteiger partial charge on any atom is -0.497 e. The Morgan fingerprint density at radius 3 is 2.60 bits per heavy atom. The second-order valence-corrected chi connectivity index (χ2v) is 7.63. The van der Waals surface area contributed by atoms with Crippen molar-refractivity contribution < 1.29 is 9.47 Å². The van der Waals surface area contributed by atoms with E-state index in [0.717, 1.165) is 53.3 Å². The molecular formula is C26H28N2O2. The third-order valence-electron chi connectivity index (χ3n) is 5.35. The van der Waals surface area contributed by atoms with Crippen LogP contribution in [-0.4, -0.2) is 23.3 Å². The molecule has 0 N–H and O–H groups in total. The van der Waals surface area contributed by atoms with E-state index >= 15 is 0 Å². The van der Waals surface area contributed by atoms with Gasteiger partial charge in [0.2, 0.25) is 0 Å². The summed E-state index contributed by atoms with van der Waals surface area (Å²) in [6.45, 7) is 5.81. The molecule has 0 saturated heterocycles. The highest BCUT2D eigenvalue weighted by Gasteiger charge is 2.13. The molecule has 0 fully saturated rings. The molecule has 4 aromatic rings. The third-order valence-corrected chi connectivity index (χ3v) is 5.35. The molecule has 0 radical (unpaired) electrons. The number of hydrogen-bond donors (Lipinski definition) is 0. The first-order valence-electron chi connectivity index (χ1n) is 10.5. The van der Waals surface area contributed by atoms with Gasteiger partial charge in [-0.15, -0.1) is 0 Å². The normalized spacial score (nSPS) is 11.0. The van der Waals surface area contributed by atoms with Gasteiger partial charge in [-0.2, -0.15) is 0 Å². The van der Waals surface area contributed by atoms with E-state index < -0.39 is 0 Å². The standard InChI is InChI=1S/C26H28N2O2/c1-19-13-14-25(20(2)17-19)30-16-7-6-15-28-24-12-5-4-11-23(24)27-26(28)21-9-8-10-22(18-21)29-3/h4-5,8-14,17-18H,6-7,15-16H2,1-3H3. The summed E-state index contributed by atoms with van der Waals surface area (Å²) in [6.07, 6.45) is 2.00. The molecule has 0 unspecified atom stereocenters. The maximum Gasteiger partial charge on any atom is 0.141 e. The molecule has 4 rings (SSSR count). The molecule has 0 bridgehead atoms. The molecule has 30 heavy (non-hydrogen) atoms. The van der Waals surface area contributed by atoms with E-state index in [1.54, 1.807) is 7.11 Å². The molecule has 0 aliphatic carbocycles. The summed E-state index contributed by atoms with van der Waals surface area (Å²) in [5.41, 5.74) is 5.69. The van der Waals surface area contributed by atoms with Crippen molar-refractivity contribution in [3.63, 3.8) is 0 Å². The van der Waals surface area contributed by atoms with Gasteiger partial charge >= 0.3 is 0 Å². The lowest BCUT2D eigenvalue weighted by molar-refractivity contribution is 0.301. The molecule has 4 nitrogen and oxygen atoms in total. The number of nitrogens with zero attached hydrogens (tertiary/aromatic N) is 2. The number of unbranched alkanes of at least 4 members (excludes halogenated alkanes) is 1. The fourth-order valence-corrected chi connectivity index (χ4v) is 3.80. The van der Waals surface area contributed by atoms with Crippen molar-refractivity contribution in [3.8, 4) is 22.9 Å². The summed E-state index contributed by atoms with van der Waals surface area (Å²) < 4.78 is 13.7. The first-order valence-corrected chi connectivity index (χ1v) is 10.5. The Bertz CT molecular complexity index is 1150. The van der Waals surface area contributed by atoms with Crippen LogP contribution in [0.1, 0.15) is 24.0 Å². The van der Waals surface area contributed by atoms with Crippen molar-refractivity contribution in [1.29, 1.82) is 0 Å². The SMILES string of the molecule is COc1cccc(-c2nc3ccccc3n2CCCCOc2ccc(C)cc2C)c1. The van der Waals surface area contributed by atoms with Crippen LogP contribution in [0.5, 0.6) is 11.5 Å². The zero-order valence-corrected chi connectivity index (χ0v) is 17.9. The average molecular weight is 401 g/mol. The Hall–Kier alpha value is -3.27. The number of rotatable bonds is 8. The minimum absolute atomic E-state index is 0.713. The van der Waals surface area contributed by atoms with Crippen LogP contribution in [0.4, 0.5) is 0 Å². The quantitative estimate of drug-likeness (QED) is 0.331. The lowest BCUT2D eigenvalue weighted by Gasteiger charge is -2.12. The molecule has 1 aromatic heterocycles. The van der Waals surface area contributed by atoms with Gasteiger partial charge in [-0.1, -0.05) is 42.0 Å². The molecule has 0 aliphatic rings. The fraction of sp³-hybridized carbons (Fsp3) is 0.269. The summed E-state index contributed by atoms with van der Waals surface area (Å²) in [6, 6.07) is 22.7. The monoisotopic (exact) mass is 400 g/mol. The number of fused-ring (bicyclic) bond motifs is 1. The van der Waals surface area contributed by atoms with Crippen molar-refractivity contribution in [2.75, 3.05) is 13.7 Å². The Morgan fingerprint density at radius 1 is 0.900 bits per heavy atom. The van der Waals surface area contributed by atoms with Crippen LogP contribution < -0.4 is 9.47 Å². The molecule has 3 aromatic carbocycles. The Labute approximate surface area is 178 Å². The van der Waals surface area contributed by atoms with Gasteiger partial charge in [-0.05, 0) is 62.6 Å². The van der Waals surface area contributed by atoms with Crippen molar-refractivity contribution in [3.05, 3.63) is 77.9 Å². The fourth-order valence-electron chi connectivity index (χ4n) is 3.80. The first-order chi connectivity index (χ1) is 14.7. The molecule has 0 amide bonds. The first kappa shape index (κ1) is 20.0. The number of benzene rings is 3. The lowest BCUT2D eigenvalue weighted by atomic mass is 10.1.